The second-order valence-electron chi connectivity index (χ2n) is 6.82. The molecule has 0 fully saturated rings. The molecule has 1 unspecified atom stereocenters. The highest BCUT2D eigenvalue weighted by atomic mass is 16.3. The smallest absolute Gasteiger partial charge is 0.249 e. The van der Waals surface area contributed by atoms with Crippen molar-refractivity contribution in [3.8, 4) is 0 Å². The van der Waals surface area contributed by atoms with E-state index in [1.165, 1.54) is 6.33 Å². The van der Waals surface area contributed by atoms with E-state index in [-0.39, 0.29) is 6.10 Å². The zero-order chi connectivity index (χ0) is 19.0. The predicted octanol–water partition coefficient (Wildman–Crippen LogP) is 3.32. The predicted molar refractivity (Wildman–Crippen MR) is 104 cm³/mol. The van der Waals surface area contributed by atoms with Gasteiger partial charge in [0.25, 0.3) is 0 Å². The van der Waals surface area contributed by atoms with E-state index >= 15 is 0 Å². The lowest BCUT2D eigenvalue weighted by molar-refractivity contribution is 0.195. The number of benzene rings is 1. The van der Waals surface area contributed by atoms with Gasteiger partial charge in [-0.1, -0.05) is 24.3 Å². The van der Waals surface area contributed by atoms with E-state index in [1.54, 1.807) is 6.92 Å². The molecule has 0 spiro atoms. The fourth-order valence-corrected chi connectivity index (χ4v) is 3.13. The van der Waals surface area contributed by atoms with Gasteiger partial charge in [0.1, 0.15) is 11.8 Å². The fourth-order valence-electron chi connectivity index (χ4n) is 3.13. The quantitative estimate of drug-likeness (QED) is 0.561. The Morgan fingerprint density at radius 3 is 2.56 bits per heavy atom. The Morgan fingerprint density at radius 2 is 1.81 bits per heavy atom. The number of hydrogen-bond donors (Lipinski definition) is 2. The number of rotatable bonds is 5. The first kappa shape index (κ1) is 17.4. The molecule has 4 rings (SSSR count). The third-order valence-corrected chi connectivity index (χ3v) is 4.68. The molecule has 0 radical (unpaired) electrons. The maximum Gasteiger partial charge on any atom is 0.249 e. The van der Waals surface area contributed by atoms with Gasteiger partial charge < -0.3 is 14.8 Å². The van der Waals surface area contributed by atoms with Crippen LogP contribution in [0.4, 0.5) is 5.82 Å². The van der Waals surface area contributed by atoms with Gasteiger partial charge in [0, 0.05) is 6.54 Å². The van der Waals surface area contributed by atoms with Crippen molar-refractivity contribution in [3.05, 3.63) is 53.0 Å². The van der Waals surface area contributed by atoms with Crippen LogP contribution in [0.5, 0.6) is 0 Å². The normalized spacial score (nSPS) is 12.6. The Kier molecular flexibility index (Phi) is 4.45. The number of aliphatic hydroxyl groups excluding tert-OH is 1. The van der Waals surface area contributed by atoms with Crippen LogP contribution in [0, 0.1) is 13.8 Å². The standard InChI is InChI=1S/C20H21N5O2/c1-11(26)8-14-4-6-15(7-5-14)9-21-19-18-17(22-10-23-19)16-12(2)13(3)24-25-20(16)27-18/h4-7,10-11,26H,8-9H2,1-3H3,(H,21,22,23). The molecule has 0 saturated heterocycles. The number of aromatic nitrogens is 4. The molecule has 0 bridgehead atoms. The Morgan fingerprint density at radius 1 is 1.07 bits per heavy atom. The van der Waals surface area contributed by atoms with E-state index in [9.17, 15) is 5.11 Å². The van der Waals surface area contributed by atoms with Gasteiger partial charge in [0.2, 0.25) is 5.71 Å². The van der Waals surface area contributed by atoms with Crippen molar-refractivity contribution < 1.29 is 9.52 Å². The van der Waals surface area contributed by atoms with Crippen molar-refractivity contribution >= 4 is 28.0 Å². The van der Waals surface area contributed by atoms with Crippen molar-refractivity contribution in [1.82, 2.24) is 20.2 Å². The van der Waals surface area contributed by atoms with Crippen LogP contribution in [0.15, 0.2) is 35.0 Å². The molecule has 0 amide bonds. The minimum absolute atomic E-state index is 0.341. The summed E-state index contributed by atoms with van der Waals surface area (Å²) >= 11 is 0. The zero-order valence-corrected chi connectivity index (χ0v) is 15.5. The monoisotopic (exact) mass is 363 g/mol. The van der Waals surface area contributed by atoms with Crippen molar-refractivity contribution in [2.75, 3.05) is 5.32 Å². The summed E-state index contributed by atoms with van der Waals surface area (Å²) in [5.41, 5.74) is 5.89. The van der Waals surface area contributed by atoms with Gasteiger partial charge in [-0.2, -0.15) is 5.10 Å². The molecule has 0 aliphatic carbocycles. The highest BCUT2D eigenvalue weighted by Gasteiger charge is 2.17. The van der Waals surface area contributed by atoms with Crippen molar-refractivity contribution in [2.45, 2.75) is 39.8 Å². The first-order valence-corrected chi connectivity index (χ1v) is 8.89. The van der Waals surface area contributed by atoms with Gasteiger partial charge in [-0.25, -0.2) is 9.97 Å². The number of furan rings is 1. The van der Waals surface area contributed by atoms with Crippen LogP contribution in [-0.4, -0.2) is 31.4 Å². The number of aliphatic hydroxyl groups is 1. The molecule has 3 heterocycles. The molecule has 27 heavy (non-hydrogen) atoms. The summed E-state index contributed by atoms with van der Waals surface area (Å²) in [7, 11) is 0. The number of nitrogens with zero attached hydrogens (tertiary/aromatic N) is 4. The molecule has 7 heteroatoms. The third-order valence-electron chi connectivity index (χ3n) is 4.68. The Labute approximate surface area is 156 Å². The SMILES string of the molecule is Cc1nnc2oc3c(NCc4ccc(CC(C)O)cc4)ncnc3c2c1C. The van der Waals surface area contributed by atoms with Crippen molar-refractivity contribution in [1.29, 1.82) is 0 Å². The second-order valence-corrected chi connectivity index (χ2v) is 6.82. The lowest BCUT2D eigenvalue weighted by atomic mass is 10.1. The molecule has 2 N–H and O–H groups in total. The molecule has 1 atom stereocenters. The molecule has 3 aromatic heterocycles. The summed E-state index contributed by atoms with van der Waals surface area (Å²) in [6, 6.07) is 8.14. The molecular weight excluding hydrogens is 342 g/mol. The van der Waals surface area contributed by atoms with Crippen LogP contribution in [0.1, 0.15) is 29.3 Å². The van der Waals surface area contributed by atoms with E-state index in [2.05, 4.69) is 25.5 Å². The molecular formula is C20H21N5O2. The van der Waals surface area contributed by atoms with E-state index in [4.69, 9.17) is 4.42 Å². The van der Waals surface area contributed by atoms with Gasteiger partial charge in [-0.15, -0.1) is 5.10 Å². The highest BCUT2D eigenvalue weighted by molar-refractivity contribution is 6.05. The number of fused-ring (bicyclic) bond motifs is 3. The van der Waals surface area contributed by atoms with Gasteiger partial charge in [0.05, 0.1) is 17.2 Å². The first-order valence-electron chi connectivity index (χ1n) is 8.89. The average molecular weight is 363 g/mol. The number of aryl methyl sites for hydroxylation is 2. The summed E-state index contributed by atoms with van der Waals surface area (Å²) in [6.45, 7) is 6.30. The number of anilines is 1. The van der Waals surface area contributed by atoms with Crippen molar-refractivity contribution in [3.63, 3.8) is 0 Å². The molecule has 1 aromatic carbocycles. The summed E-state index contributed by atoms with van der Waals surface area (Å²) in [6.07, 6.45) is 1.84. The second kappa shape index (κ2) is 6.92. The molecule has 4 aromatic rings. The summed E-state index contributed by atoms with van der Waals surface area (Å²) in [5.74, 6) is 0.628. The van der Waals surface area contributed by atoms with Gasteiger partial charge in [-0.05, 0) is 43.9 Å². The van der Waals surface area contributed by atoms with Crippen molar-refractivity contribution in [2.24, 2.45) is 0 Å². The van der Waals surface area contributed by atoms with E-state index in [0.29, 0.717) is 30.1 Å². The number of hydrogen-bond acceptors (Lipinski definition) is 7. The van der Waals surface area contributed by atoms with Crippen LogP contribution in [0.3, 0.4) is 0 Å². The van der Waals surface area contributed by atoms with Crippen LogP contribution < -0.4 is 5.32 Å². The van der Waals surface area contributed by atoms with Gasteiger partial charge in [-0.3, -0.25) is 0 Å². The van der Waals surface area contributed by atoms with Crippen LogP contribution >= 0.6 is 0 Å². The first-order chi connectivity index (χ1) is 13.0. The molecule has 138 valence electrons. The van der Waals surface area contributed by atoms with E-state index in [0.717, 1.165) is 33.3 Å². The maximum absolute atomic E-state index is 9.48. The van der Waals surface area contributed by atoms with Crippen LogP contribution in [0.2, 0.25) is 0 Å². The minimum Gasteiger partial charge on any atom is -0.431 e. The topological polar surface area (TPSA) is 97.0 Å². The molecule has 7 nitrogen and oxygen atoms in total. The van der Waals surface area contributed by atoms with E-state index < -0.39 is 0 Å². The molecule has 0 aliphatic heterocycles. The van der Waals surface area contributed by atoms with E-state index in [1.807, 2.05) is 38.1 Å². The lowest BCUT2D eigenvalue weighted by Crippen LogP contribution is -2.05. The summed E-state index contributed by atoms with van der Waals surface area (Å²) in [4.78, 5) is 8.72. The summed E-state index contributed by atoms with van der Waals surface area (Å²) < 4.78 is 5.88. The fraction of sp³-hybridized carbons (Fsp3) is 0.300. The molecule has 0 aliphatic rings. The Hall–Kier alpha value is -3.06. The van der Waals surface area contributed by atoms with Gasteiger partial charge >= 0.3 is 0 Å². The van der Waals surface area contributed by atoms with Crippen LogP contribution in [-0.2, 0) is 13.0 Å². The average Bonchev–Trinajstić information content (AvgIpc) is 3.03. The maximum atomic E-state index is 9.48. The van der Waals surface area contributed by atoms with Gasteiger partial charge in [0.15, 0.2) is 11.4 Å². The van der Waals surface area contributed by atoms with Crippen LogP contribution in [0.25, 0.3) is 22.2 Å². The number of nitrogens with one attached hydrogen (secondary N) is 1. The Balaban J connectivity index is 1.62. The highest BCUT2D eigenvalue weighted by Crippen LogP contribution is 2.32. The lowest BCUT2D eigenvalue weighted by Gasteiger charge is -2.08. The minimum atomic E-state index is -0.341. The third kappa shape index (κ3) is 3.33. The Bertz CT molecular complexity index is 1100. The summed E-state index contributed by atoms with van der Waals surface area (Å²) in [5, 5.41) is 21.9. The zero-order valence-electron chi connectivity index (χ0n) is 15.5. The molecule has 0 saturated carbocycles. The largest absolute Gasteiger partial charge is 0.431 e.